The van der Waals surface area contributed by atoms with Gasteiger partial charge in [-0.1, -0.05) is 44.0 Å². The fraction of sp³-hybridized carbons (Fsp3) is 0.529. The van der Waals surface area contributed by atoms with E-state index in [4.69, 9.17) is 0 Å². The van der Waals surface area contributed by atoms with Crippen LogP contribution in [0.3, 0.4) is 0 Å². The van der Waals surface area contributed by atoms with E-state index in [-0.39, 0.29) is 45.1 Å². The van der Waals surface area contributed by atoms with E-state index in [1.165, 1.54) is 4.90 Å². The van der Waals surface area contributed by atoms with Crippen LogP contribution in [0.2, 0.25) is 0 Å². The Balaban J connectivity index is 1.77. The van der Waals surface area contributed by atoms with E-state index in [9.17, 15) is 9.59 Å². The highest BCUT2D eigenvalue weighted by molar-refractivity contribution is 9.12. The number of rotatable bonds is 1. The van der Waals surface area contributed by atoms with Crippen LogP contribution in [0.1, 0.15) is 17.5 Å². The van der Waals surface area contributed by atoms with E-state index in [0.29, 0.717) is 0 Å². The van der Waals surface area contributed by atoms with E-state index >= 15 is 0 Å². The molecule has 4 rings (SSSR count). The zero-order valence-electron chi connectivity index (χ0n) is 12.4. The van der Waals surface area contributed by atoms with Gasteiger partial charge in [0.2, 0.25) is 11.8 Å². The smallest absolute Gasteiger partial charge is 0.238 e. The second-order valence-corrected chi connectivity index (χ2v) is 8.92. The lowest BCUT2D eigenvalue weighted by atomic mass is 9.81. The first-order valence-corrected chi connectivity index (χ1v) is 9.48. The largest absolute Gasteiger partial charge is 0.274 e. The molecule has 1 aromatic rings. The van der Waals surface area contributed by atoms with E-state index < -0.39 is 0 Å². The Kier molecular flexibility index (Phi) is 3.32. The third-order valence-corrected chi connectivity index (χ3v) is 8.80. The normalized spacial score (nSPS) is 39.7. The number of benzene rings is 1. The summed E-state index contributed by atoms with van der Waals surface area (Å²) in [5.74, 6) is 0.253. The number of carbonyl (C=O) groups excluding carboxylic acids is 2. The number of carbonyl (C=O) groups is 2. The third kappa shape index (κ3) is 1.78. The lowest BCUT2D eigenvalue weighted by molar-refractivity contribution is -0.123. The predicted molar refractivity (Wildman–Crippen MR) is 92.4 cm³/mol. The van der Waals surface area contributed by atoms with Crippen molar-refractivity contribution in [1.82, 2.24) is 0 Å². The highest BCUT2D eigenvalue weighted by atomic mass is 79.9. The summed E-state index contributed by atoms with van der Waals surface area (Å²) in [6.45, 7) is 3.94. The number of anilines is 1. The fourth-order valence-electron chi connectivity index (χ4n) is 4.55. The lowest BCUT2D eigenvalue weighted by Gasteiger charge is -2.28. The van der Waals surface area contributed by atoms with Crippen molar-refractivity contribution in [1.29, 1.82) is 0 Å². The standard InChI is InChI=1S/C17H17Br2NO2/c1-7-3-4-8(2)11(5-7)20-16(21)12-9-6-10(13(12)17(20)22)15(19)14(9)18/h3-5,9-10,12-15H,6H2,1-2H3/t9-,10+,12-,13-,14-,15+/m0/s1. The van der Waals surface area contributed by atoms with Gasteiger partial charge in [0.15, 0.2) is 0 Å². The molecular weight excluding hydrogens is 410 g/mol. The predicted octanol–water partition coefficient (Wildman–Crippen LogP) is 3.59. The molecule has 3 aliphatic rings. The second-order valence-electron chi connectivity index (χ2n) is 6.81. The van der Waals surface area contributed by atoms with Gasteiger partial charge in [-0.05, 0) is 49.3 Å². The van der Waals surface area contributed by atoms with Crippen LogP contribution in [0.25, 0.3) is 0 Å². The quantitative estimate of drug-likeness (QED) is 0.508. The summed E-state index contributed by atoms with van der Waals surface area (Å²) in [6, 6.07) is 5.94. The van der Waals surface area contributed by atoms with Crippen molar-refractivity contribution in [2.45, 2.75) is 29.9 Å². The minimum absolute atomic E-state index is 0.0000463. The monoisotopic (exact) mass is 425 g/mol. The molecule has 0 spiro atoms. The van der Waals surface area contributed by atoms with Gasteiger partial charge < -0.3 is 0 Å². The molecule has 6 atom stereocenters. The maximum atomic E-state index is 13.0. The third-order valence-electron chi connectivity index (χ3n) is 5.59. The van der Waals surface area contributed by atoms with Crippen molar-refractivity contribution in [2.75, 3.05) is 4.90 Å². The van der Waals surface area contributed by atoms with Crippen LogP contribution in [0.15, 0.2) is 18.2 Å². The van der Waals surface area contributed by atoms with Crippen molar-refractivity contribution in [3.8, 4) is 0 Å². The summed E-state index contributed by atoms with van der Waals surface area (Å²) >= 11 is 7.44. The first-order chi connectivity index (χ1) is 10.4. The minimum Gasteiger partial charge on any atom is -0.274 e. The Hall–Kier alpha value is -0.680. The molecule has 2 saturated carbocycles. The number of hydrogen-bond acceptors (Lipinski definition) is 2. The lowest BCUT2D eigenvalue weighted by Crippen LogP contribution is -2.37. The molecule has 2 bridgehead atoms. The molecule has 0 aromatic heterocycles. The molecule has 0 radical (unpaired) electrons. The van der Waals surface area contributed by atoms with Crippen LogP contribution >= 0.6 is 31.9 Å². The van der Waals surface area contributed by atoms with Crippen LogP contribution in [0.5, 0.6) is 0 Å². The number of alkyl halides is 2. The zero-order chi connectivity index (χ0) is 15.8. The highest BCUT2D eigenvalue weighted by Gasteiger charge is 2.66. The number of fused-ring (bicyclic) bond motifs is 5. The van der Waals surface area contributed by atoms with Gasteiger partial charge in [-0.3, -0.25) is 9.59 Å². The van der Waals surface area contributed by atoms with Gasteiger partial charge in [0.25, 0.3) is 0 Å². The first kappa shape index (κ1) is 14.9. The Morgan fingerprint density at radius 2 is 1.55 bits per heavy atom. The summed E-state index contributed by atoms with van der Waals surface area (Å²) in [4.78, 5) is 28.0. The Morgan fingerprint density at radius 3 is 2.09 bits per heavy atom. The first-order valence-electron chi connectivity index (χ1n) is 7.65. The topological polar surface area (TPSA) is 37.4 Å². The van der Waals surface area contributed by atoms with Crippen molar-refractivity contribution >= 4 is 49.4 Å². The van der Waals surface area contributed by atoms with E-state index in [0.717, 1.165) is 23.2 Å². The van der Waals surface area contributed by atoms with Gasteiger partial charge in [0, 0.05) is 9.65 Å². The van der Waals surface area contributed by atoms with Gasteiger partial charge in [0.1, 0.15) is 0 Å². The van der Waals surface area contributed by atoms with Gasteiger partial charge >= 0.3 is 0 Å². The molecule has 1 saturated heterocycles. The number of amides is 2. The van der Waals surface area contributed by atoms with Crippen LogP contribution in [-0.2, 0) is 9.59 Å². The van der Waals surface area contributed by atoms with Crippen LogP contribution in [0, 0.1) is 37.5 Å². The van der Waals surface area contributed by atoms with Crippen molar-refractivity contribution in [3.05, 3.63) is 29.3 Å². The minimum atomic E-state index is -0.143. The van der Waals surface area contributed by atoms with Gasteiger partial charge in [-0.15, -0.1) is 0 Å². The summed E-state index contributed by atoms with van der Waals surface area (Å²) in [5.41, 5.74) is 2.81. The molecule has 2 amide bonds. The van der Waals surface area contributed by atoms with E-state index in [1.54, 1.807) is 0 Å². The van der Waals surface area contributed by atoms with Crippen molar-refractivity contribution in [3.63, 3.8) is 0 Å². The molecule has 22 heavy (non-hydrogen) atoms. The van der Waals surface area contributed by atoms with Crippen molar-refractivity contribution < 1.29 is 9.59 Å². The van der Waals surface area contributed by atoms with Gasteiger partial charge in [0.05, 0.1) is 17.5 Å². The molecule has 3 nitrogen and oxygen atoms in total. The van der Waals surface area contributed by atoms with E-state index in [1.807, 2.05) is 32.0 Å². The second kappa shape index (κ2) is 4.91. The summed E-state index contributed by atoms with van der Waals surface area (Å²) in [6.07, 6.45) is 0.972. The Morgan fingerprint density at radius 1 is 1.00 bits per heavy atom. The molecule has 3 fully saturated rings. The molecule has 1 aliphatic heterocycles. The number of imide groups is 1. The maximum Gasteiger partial charge on any atom is 0.238 e. The average molecular weight is 427 g/mol. The average Bonchev–Trinajstić information content (AvgIpc) is 3.07. The summed E-state index contributed by atoms with van der Waals surface area (Å²) in [7, 11) is 0. The number of halogens is 2. The molecule has 0 unspecified atom stereocenters. The SMILES string of the molecule is Cc1ccc(C)c(N2C(=O)[C@H]3[C@@H]4C[C@@H]([C@@H](Br)[C@H]4Br)[C@@H]3C2=O)c1. The molecule has 0 N–H and O–H groups in total. The maximum absolute atomic E-state index is 13.0. The molecule has 1 aromatic carbocycles. The highest BCUT2D eigenvalue weighted by Crippen LogP contribution is 2.60. The number of aryl methyl sites for hydroxylation is 2. The molecule has 5 heteroatoms. The zero-order valence-corrected chi connectivity index (χ0v) is 15.6. The molecule has 1 heterocycles. The molecular formula is C17H17Br2NO2. The van der Waals surface area contributed by atoms with Gasteiger partial charge in [-0.2, -0.15) is 0 Å². The molecule has 2 aliphatic carbocycles. The summed E-state index contributed by atoms with van der Waals surface area (Å²) < 4.78 is 0. The van der Waals surface area contributed by atoms with Crippen LogP contribution in [-0.4, -0.2) is 21.5 Å². The molecule has 116 valence electrons. The number of hydrogen-bond donors (Lipinski definition) is 0. The van der Waals surface area contributed by atoms with Crippen molar-refractivity contribution in [2.24, 2.45) is 23.7 Å². The van der Waals surface area contributed by atoms with E-state index in [2.05, 4.69) is 31.9 Å². The summed E-state index contributed by atoms with van der Waals surface area (Å²) in [5, 5.41) is 0. The Labute approximate surface area is 146 Å². The number of nitrogens with zero attached hydrogens (tertiary/aromatic N) is 1. The Bertz CT molecular complexity index is 657. The van der Waals surface area contributed by atoms with Gasteiger partial charge in [-0.25, -0.2) is 4.90 Å². The fourth-order valence-corrected chi connectivity index (χ4v) is 6.42. The van der Waals surface area contributed by atoms with Crippen LogP contribution < -0.4 is 4.90 Å². The van der Waals surface area contributed by atoms with Crippen LogP contribution in [0.4, 0.5) is 5.69 Å².